The highest BCUT2D eigenvalue weighted by molar-refractivity contribution is 5.81. The number of benzene rings is 2. The third kappa shape index (κ3) is 5.39. The standard InChI is InChI=1S/C28H34N6O2/c1-3-25(27-30-31-32-34(27)19-24-13-8-16-36-24)33(15-14-21-10-5-4-6-11-21)18-23-17-22-12-7-9-20(2)26(22)29-28(23)35/h4-7,9-12,17,24-25H,3,8,13-16,18-19H2,1-2H3,(H,29,35)/t24-,25-/m0/s1. The number of hydrogen-bond acceptors (Lipinski definition) is 6. The maximum absolute atomic E-state index is 13.1. The molecule has 0 saturated carbocycles. The molecule has 0 bridgehead atoms. The second kappa shape index (κ2) is 11.1. The first-order valence-corrected chi connectivity index (χ1v) is 12.9. The monoisotopic (exact) mass is 486 g/mol. The summed E-state index contributed by atoms with van der Waals surface area (Å²) in [6.45, 7) is 6.91. The molecular weight excluding hydrogens is 452 g/mol. The summed E-state index contributed by atoms with van der Waals surface area (Å²) >= 11 is 0. The van der Waals surface area contributed by atoms with Gasteiger partial charge in [-0.2, -0.15) is 0 Å². The van der Waals surface area contributed by atoms with Crippen LogP contribution in [-0.4, -0.2) is 49.3 Å². The van der Waals surface area contributed by atoms with Crippen LogP contribution in [0.3, 0.4) is 0 Å². The predicted octanol–water partition coefficient (Wildman–Crippen LogP) is 4.20. The molecule has 8 heteroatoms. The van der Waals surface area contributed by atoms with E-state index in [9.17, 15) is 4.79 Å². The highest BCUT2D eigenvalue weighted by Gasteiger charge is 2.27. The van der Waals surface area contributed by atoms with Crippen molar-refractivity contribution in [2.24, 2.45) is 0 Å². The van der Waals surface area contributed by atoms with E-state index in [0.717, 1.165) is 66.7 Å². The molecule has 1 aliphatic rings. The highest BCUT2D eigenvalue weighted by Crippen LogP contribution is 2.26. The van der Waals surface area contributed by atoms with Crippen LogP contribution in [0.15, 0.2) is 59.4 Å². The van der Waals surface area contributed by atoms with E-state index in [0.29, 0.717) is 13.1 Å². The van der Waals surface area contributed by atoms with E-state index in [1.165, 1.54) is 5.56 Å². The molecular formula is C28H34N6O2. The van der Waals surface area contributed by atoms with E-state index in [1.54, 1.807) is 0 Å². The van der Waals surface area contributed by atoms with E-state index in [4.69, 9.17) is 4.74 Å². The Kier molecular flexibility index (Phi) is 7.53. The maximum atomic E-state index is 13.1. The number of tetrazole rings is 1. The van der Waals surface area contributed by atoms with Crippen molar-refractivity contribution < 1.29 is 4.74 Å². The van der Waals surface area contributed by atoms with E-state index >= 15 is 0 Å². The molecule has 2 aromatic heterocycles. The molecule has 0 unspecified atom stereocenters. The van der Waals surface area contributed by atoms with E-state index in [2.05, 4.69) is 62.7 Å². The number of aryl methyl sites for hydroxylation is 1. The number of pyridine rings is 1. The fraction of sp³-hybridized carbons (Fsp3) is 0.429. The van der Waals surface area contributed by atoms with Crippen LogP contribution in [-0.2, 0) is 24.2 Å². The lowest BCUT2D eigenvalue weighted by Crippen LogP contribution is -2.34. The Morgan fingerprint density at radius 2 is 2.06 bits per heavy atom. The second-order valence-electron chi connectivity index (χ2n) is 9.65. The Morgan fingerprint density at radius 1 is 1.19 bits per heavy atom. The summed E-state index contributed by atoms with van der Waals surface area (Å²) in [7, 11) is 0. The van der Waals surface area contributed by atoms with Gasteiger partial charge < -0.3 is 9.72 Å². The molecule has 188 valence electrons. The summed E-state index contributed by atoms with van der Waals surface area (Å²) in [5.74, 6) is 0.828. The summed E-state index contributed by atoms with van der Waals surface area (Å²) < 4.78 is 7.74. The summed E-state index contributed by atoms with van der Waals surface area (Å²) in [5.41, 5.74) is 3.93. The van der Waals surface area contributed by atoms with Gasteiger partial charge in [0.05, 0.1) is 24.2 Å². The molecule has 4 aromatic rings. The minimum atomic E-state index is -0.0460. The summed E-state index contributed by atoms with van der Waals surface area (Å²) in [5, 5.41) is 13.8. The molecule has 0 aliphatic carbocycles. The van der Waals surface area contributed by atoms with Crippen molar-refractivity contribution in [3.63, 3.8) is 0 Å². The van der Waals surface area contributed by atoms with E-state index in [1.807, 2.05) is 35.9 Å². The van der Waals surface area contributed by atoms with Gasteiger partial charge in [0.2, 0.25) is 0 Å². The third-order valence-corrected chi connectivity index (χ3v) is 7.15. The average Bonchev–Trinajstić information content (AvgIpc) is 3.57. The van der Waals surface area contributed by atoms with Crippen LogP contribution in [0.5, 0.6) is 0 Å². The Morgan fingerprint density at radius 3 is 2.83 bits per heavy atom. The van der Waals surface area contributed by atoms with Crippen LogP contribution in [0, 0.1) is 6.92 Å². The number of nitrogens with zero attached hydrogens (tertiary/aromatic N) is 5. The highest BCUT2D eigenvalue weighted by atomic mass is 16.5. The van der Waals surface area contributed by atoms with Gasteiger partial charge in [0.15, 0.2) is 5.82 Å². The number of H-pyrrole nitrogens is 1. The summed E-state index contributed by atoms with van der Waals surface area (Å²) in [6, 6.07) is 18.5. The van der Waals surface area contributed by atoms with Gasteiger partial charge in [0, 0.05) is 25.3 Å². The number of hydrogen-bond donors (Lipinski definition) is 1. The van der Waals surface area contributed by atoms with E-state index < -0.39 is 0 Å². The lowest BCUT2D eigenvalue weighted by molar-refractivity contribution is 0.0893. The normalized spacial score (nSPS) is 16.7. The molecule has 0 amide bonds. The van der Waals surface area contributed by atoms with Crippen LogP contribution in [0.4, 0.5) is 0 Å². The average molecular weight is 487 g/mol. The smallest absolute Gasteiger partial charge is 0.252 e. The van der Waals surface area contributed by atoms with Crippen LogP contribution < -0.4 is 5.56 Å². The van der Waals surface area contributed by atoms with Gasteiger partial charge in [0.25, 0.3) is 5.56 Å². The van der Waals surface area contributed by atoms with Crippen molar-refractivity contribution in [2.45, 2.75) is 64.8 Å². The van der Waals surface area contributed by atoms with Gasteiger partial charge in [-0.05, 0) is 65.6 Å². The molecule has 1 aliphatic heterocycles. The van der Waals surface area contributed by atoms with Gasteiger partial charge in [-0.25, -0.2) is 4.68 Å². The molecule has 1 N–H and O–H groups in total. The molecule has 1 saturated heterocycles. The second-order valence-corrected chi connectivity index (χ2v) is 9.65. The molecule has 5 rings (SSSR count). The predicted molar refractivity (Wildman–Crippen MR) is 140 cm³/mol. The topological polar surface area (TPSA) is 88.9 Å². The first kappa shape index (κ1) is 24.3. The molecule has 1 fully saturated rings. The Labute approximate surface area is 211 Å². The molecule has 0 radical (unpaired) electrons. The van der Waals surface area contributed by atoms with Crippen LogP contribution >= 0.6 is 0 Å². The lowest BCUT2D eigenvalue weighted by atomic mass is 10.1. The van der Waals surface area contributed by atoms with E-state index in [-0.39, 0.29) is 17.7 Å². The minimum Gasteiger partial charge on any atom is -0.376 e. The van der Waals surface area contributed by atoms with Crippen LogP contribution in [0.2, 0.25) is 0 Å². The summed E-state index contributed by atoms with van der Waals surface area (Å²) in [6.07, 6.45) is 3.95. The third-order valence-electron chi connectivity index (χ3n) is 7.15. The number of ether oxygens (including phenoxy) is 1. The van der Waals surface area contributed by atoms with Crippen LogP contribution in [0.25, 0.3) is 10.9 Å². The van der Waals surface area contributed by atoms with Gasteiger partial charge in [0.1, 0.15) is 0 Å². The van der Waals surface area contributed by atoms with Crippen molar-refractivity contribution in [1.29, 1.82) is 0 Å². The number of aromatic amines is 1. The molecule has 2 aromatic carbocycles. The zero-order chi connectivity index (χ0) is 24.9. The Bertz CT molecular complexity index is 1340. The zero-order valence-electron chi connectivity index (χ0n) is 21.1. The van der Waals surface area contributed by atoms with Gasteiger partial charge in [-0.3, -0.25) is 9.69 Å². The molecule has 36 heavy (non-hydrogen) atoms. The first-order valence-electron chi connectivity index (χ1n) is 12.9. The zero-order valence-corrected chi connectivity index (χ0v) is 21.1. The number of aromatic nitrogens is 5. The van der Waals surface area contributed by atoms with Crippen molar-refractivity contribution in [3.05, 3.63) is 87.5 Å². The summed E-state index contributed by atoms with van der Waals surface area (Å²) in [4.78, 5) is 18.6. The van der Waals surface area contributed by atoms with Gasteiger partial charge >= 0.3 is 0 Å². The fourth-order valence-electron chi connectivity index (χ4n) is 5.19. The maximum Gasteiger partial charge on any atom is 0.252 e. The van der Waals surface area contributed by atoms with Crippen molar-refractivity contribution in [2.75, 3.05) is 13.2 Å². The van der Waals surface area contributed by atoms with Gasteiger partial charge in [-0.15, -0.1) is 5.10 Å². The van der Waals surface area contributed by atoms with Crippen molar-refractivity contribution in [1.82, 2.24) is 30.1 Å². The van der Waals surface area contributed by atoms with Gasteiger partial charge in [-0.1, -0.05) is 55.5 Å². The molecule has 3 heterocycles. The van der Waals surface area contributed by atoms with Crippen molar-refractivity contribution in [3.8, 4) is 0 Å². The Balaban J connectivity index is 1.46. The quantitative estimate of drug-likeness (QED) is 0.361. The largest absolute Gasteiger partial charge is 0.376 e. The fourth-order valence-corrected chi connectivity index (χ4v) is 5.19. The molecule has 0 spiro atoms. The SMILES string of the molecule is CC[C@@H](c1nnnn1C[C@@H]1CCCO1)N(CCc1ccccc1)Cc1cc2cccc(C)c2[nH]c1=O. The molecule has 2 atom stereocenters. The number of fused-ring (bicyclic) bond motifs is 1. The lowest BCUT2D eigenvalue weighted by Gasteiger charge is -2.30. The number of rotatable bonds is 10. The molecule has 8 nitrogen and oxygen atoms in total. The van der Waals surface area contributed by atoms with Crippen molar-refractivity contribution >= 4 is 10.9 Å². The number of para-hydroxylation sites is 1. The minimum absolute atomic E-state index is 0.0299. The van der Waals surface area contributed by atoms with Crippen LogP contribution in [0.1, 0.15) is 54.7 Å². The first-order chi connectivity index (χ1) is 17.6. The number of nitrogens with one attached hydrogen (secondary N) is 1. The Hall–Kier alpha value is -3.36.